The highest BCUT2D eigenvalue weighted by atomic mass is 35.5. The van der Waals surface area contributed by atoms with Gasteiger partial charge in [0.05, 0.1) is 7.11 Å². The predicted molar refractivity (Wildman–Crippen MR) is 131 cm³/mol. The Hall–Kier alpha value is -3.02. The summed E-state index contributed by atoms with van der Waals surface area (Å²) in [7, 11) is 1.60. The van der Waals surface area contributed by atoms with Crippen molar-refractivity contribution >= 4 is 35.0 Å². The average molecular weight is 485 g/mol. The van der Waals surface area contributed by atoms with Gasteiger partial charge in [0.2, 0.25) is 11.8 Å². The fraction of sp³-hybridized carbons (Fsp3) is 0.231. The van der Waals surface area contributed by atoms with Gasteiger partial charge in [-0.1, -0.05) is 78.7 Å². The first-order valence-corrected chi connectivity index (χ1v) is 11.4. The third-order valence-electron chi connectivity index (χ3n) is 5.28. The zero-order valence-electron chi connectivity index (χ0n) is 18.6. The molecule has 0 bridgehead atoms. The Labute approximate surface area is 204 Å². The van der Waals surface area contributed by atoms with Gasteiger partial charge in [-0.2, -0.15) is 0 Å². The molecule has 0 saturated heterocycles. The first-order chi connectivity index (χ1) is 15.9. The normalized spacial score (nSPS) is 11.5. The highest BCUT2D eigenvalue weighted by Gasteiger charge is 2.30. The third-order valence-corrected chi connectivity index (χ3v) is 5.87. The van der Waals surface area contributed by atoms with Crippen molar-refractivity contribution in [3.63, 3.8) is 0 Å². The lowest BCUT2D eigenvalue weighted by Crippen LogP contribution is -2.43. The molecule has 0 fully saturated rings. The van der Waals surface area contributed by atoms with E-state index in [1.54, 1.807) is 37.1 Å². The third kappa shape index (κ3) is 6.50. The van der Waals surface area contributed by atoms with E-state index in [-0.39, 0.29) is 31.3 Å². The molecule has 0 unspecified atom stereocenters. The Morgan fingerprint density at radius 3 is 2.30 bits per heavy atom. The monoisotopic (exact) mass is 484 g/mol. The molecule has 0 radical (unpaired) electrons. The number of hydrogen-bond acceptors (Lipinski definition) is 3. The van der Waals surface area contributed by atoms with E-state index >= 15 is 0 Å². The molecule has 33 heavy (non-hydrogen) atoms. The molecule has 0 aromatic heterocycles. The summed E-state index contributed by atoms with van der Waals surface area (Å²) < 4.78 is 5.23. The largest absolute Gasteiger partial charge is 0.497 e. The van der Waals surface area contributed by atoms with Gasteiger partial charge in [0, 0.05) is 29.6 Å². The number of halogens is 2. The molecule has 2 amide bonds. The van der Waals surface area contributed by atoms with Crippen LogP contribution in [0.2, 0.25) is 10.0 Å². The van der Waals surface area contributed by atoms with Crippen molar-refractivity contribution in [2.45, 2.75) is 32.5 Å². The number of carbonyl (C=O) groups is 2. The number of benzene rings is 3. The minimum absolute atomic E-state index is 0.126. The van der Waals surface area contributed by atoms with Crippen molar-refractivity contribution in [2.75, 3.05) is 7.11 Å². The van der Waals surface area contributed by atoms with Crippen molar-refractivity contribution in [1.29, 1.82) is 0 Å². The predicted octanol–water partition coefficient (Wildman–Crippen LogP) is 5.80. The molecule has 172 valence electrons. The van der Waals surface area contributed by atoms with Crippen LogP contribution in [0.5, 0.6) is 5.75 Å². The fourth-order valence-electron chi connectivity index (χ4n) is 3.51. The SMILES string of the molecule is CCC(=O)N(Cc1ccc(OC)cc1)[C@H](C(=O)NCc1ccc(Cl)cc1Cl)c1ccccc1. The number of amides is 2. The Morgan fingerprint density at radius 2 is 1.70 bits per heavy atom. The van der Waals surface area contributed by atoms with Gasteiger partial charge < -0.3 is 15.0 Å². The summed E-state index contributed by atoms with van der Waals surface area (Å²) in [5.41, 5.74) is 2.37. The van der Waals surface area contributed by atoms with Crippen LogP contribution in [0, 0.1) is 0 Å². The van der Waals surface area contributed by atoms with Gasteiger partial charge in [-0.3, -0.25) is 9.59 Å². The van der Waals surface area contributed by atoms with E-state index in [1.807, 2.05) is 54.6 Å². The number of nitrogens with zero attached hydrogens (tertiary/aromatic N) is 1. The molecule has 7 heteroatoms. The van der Waals surface area contributed by atoms with Crippen LogP contribution in [-0.4, -0.2) is 23.8 Å². The van der Waals surface area contributed by atoms with Gasteiger partial charge in [0.25, 0.3) is 0 Å². The summed E-state index contributed by atoms with van der Waals surface area (Å²) in [6.45, 7) is 2.29. The second kappa shape index (κ2) is 11.7. The van der Waals surface area contributed by atoms with Crippen LogP contribution >= 0.6 is 23.2 Å². The molecule has 0 aliphatic heterocycles. The average Bonchev–Trinajstić information content (AvgIpc) is 2.83. The van der Waals surface area contributed by atoms with Gasteiger partial charge >= 0.3 is 0 Å². The maximum absolute atomic E-state index is 13.5. The molecule has 5 nitrogen and oxygen atoms in total. The van der Waals surface area contributed by atoms with Gasteiger partial charge in [-0.25, -0.2) is 0 Å². The van der Waals surface area contributed by atoms with Crippen LogP contribution in [0.1, 0.15) is 36.1 Å². The summed E-state index contributed by atoms with van der Waals surface area (Å²) in [5, 5.41) is 3.94. The van der Waals surface area contributed by atoms with Crippen molar-refractivity contribution in [3.8, 4) is 5.75 Å². The molecule has 1 atom stereocenters. The summed E-state index contributed by atoms with van der Waals surface area (Å²) in [6, 6.07) is 21.1. The van der Waals surface area contributed by atoms with Crippen LogP contribution in [0.15, 0.2) is 72.8 Å². The number of hydrogen-bond donors (Lipinski definition) is 1. The number of nitrogens with one attached hydrogen (secondary N) is 1. The molecule has 0 spiro atoms. The summed E-state index contributed by atoms with van der Waals surface area (Å²) in [6.07, 6.45) is 0.274. The molecular weight excluding hydrogens is 459 g/mol. The molecule has 0 heterocycles. The zero-order chi connectivity index (χ0) is 23.8. The van der Waals surface area contributed by atoms with Crippen LogP contribution in [-0.2, 0) is 22.7 Å². The van der Waals surface area contributed by atoms with Crippen LogP contribution in [0.4, 0.5) is 0 Å². The molecule has 0 saturated carbocycles. The summed E-state index contributed by atoms with van der Waals surface area (Å²) in [5.74, 6) is 0.311. The molecule has 3 rings (SSSR count). The van der Waals surface area contributed by atoms with Gasteiger partial charge in [-0.05, 0) is 41.0 Å². The lowest BCUT2D eigenvalue weighted by Gasteiger charge is -2.31. The minimum atomic E-state index is -0.799. The number of rotatable bonds is 9. The minimum Gasteiger partial charge on any atom is -0.497 e. The van der Waals surface area contributed by atoms with E-state index in [0.29, 0.717) is 10.0 Å². The molecule has 0 aliphatic rings. The van der Waals surface area contributed by atoms with Crippen LogP contribution < -0.4 is 10.1 Å². The van der Waals surface area contributed by atoms with Gasteiger partial charge in [0.1, 0.15) is 11.8 Å². The van der Waals surface area contributed by atoms with Crippen molar-refractivity contribution in [2.24, 2.45) is 0 Å². The molecule has 0 aliphatic carbocycles. The van der Waals surface area contributed by atoms with E-state index in [9.17, 15) is 9.59 Å². The van der Waals surface area contributed by atoms with Crippen molar-refractivity contribution in [3.05, 3.63) is 99.5 Å². The lowest BCUT2D eigenvalue weighted by molar-refractivity contribution is -0.141. The van der Waals surface area contributed by atoms with Gasteiger partial charge in [-0.15, -0.1) is 0 Å². The number of carbonyl (C=O) groups excluding carboxylic acids is 2. The first-order valence-electron chi connectivity index (χ1n) is 10.6. The number of ether oxygens (including phenoxy) is 1. The zero-order valence-corrected chi connectivity index (χ0v) is 20.1. The second-order valence-electron chi connectivity index (χ2n) is 7.49. The quantitative estimate of drug-likeness (QED) is 0.417. The van der Waals surface area contributed by atoms with E-state index in [1.165, 1.54) is 0 Å². The maximum atomic E-state index is 13.5. The standard InChI is InChI=1S/C26H26Cl2N2O3/c1-3-24(31)30(17-18-9-13-22(33-2)14-10-18)25(19-7-5-4-6-8-19)26(32)29-16-20-11-12-21(27)15-23(20)28/h4-15,25H,3,16-17H2,1-2H3,(H,29,32)/t25-/m0/s1. The Bertz CT molecular complexity index is 1090. The van der Waals surface area contributed by atoms with E-state index in [0.717, 1.165) is 22.4 Å². The molecular formula is C26H26Cl2N2O3. The maximum Gasteiger partial charge on any atom is 0.247 e. The number of methoxy groups -OCH3 is 1. The second-order valence-corrected chi connectivity index (χ2v) is 8.33. The Morgan fingerprint density at radius 1 is 1.00 bits per heavy atom. The fourth-order valence-corrected chi connectivity index (χ4v) is 3.98. The van der Waals surface area contributed by atoms with Crippen LogP contribution in [0.25, 0.3) is 0 Å². The van der Waals surface area contributed by atoms with E-state index in [2.05, 4.69) is 5.32 Å². The van der Waals surface area contributed by atoms with Crippen molar-refractivity contribution in [1.82, 2.24) is 10.2 Å². The summed E-state index contributed by atoms with van der Waals surface area (Å²) >= 11 is 12.2. The lowest BCUT2D eigenvalue weighted by atomic mass is 10.0. The molecule has 3 aromatic rings. The molecule has 1 N–H and O–H groups in total. The Kier molecular flexibility index (Phi) is 8.75. The topological polar surface area (TPSA) is 58.6 Å². The van der Waals surface area contributed by atoms with Crippen molar-refractivity contribution < 1.29 is 14.3 Å². The van der Waals surface area contributed by atoms with Gasteiger partial charge in [0.15, 0.2) is 0 Å². The van der Waals surface area contributed by atoms with E-state index in [4.69, 9.17) is 27.9 Å². The first kappa shape index (κ1) is 24.6. The summed E-state index contributed by atoms with van der Waals surface area (Å²) in [4.78, 5) is 28.1. The highest BCUT2D eigenvalue weighted by molar-refractivity contribution is 6.35. The van der Waals surface area contributed by atoms with E-state index < -0.39 is 6.04 Å². The Balaban J connectivity index is 1.90. The van der Waals surface area contributed by atoms with Crippen LogP contribution in [0.3, 0.4) is 0 Å². The highest BCUT2D eigenvalue weighted by Crippen LogP contribution is 2.26. The molecule has 3 aromatic carbocycles. The smallest absolute Gasteiger partial charge is 0.247 e.